The zero-order chi connectivity index (χ0) is 14.5. The van der Waals surface area contributed by atoms with Crippen molar-refractivity contribution >= 4 is 17.3 Å². The molecule has 0 spiro atoms. The number of rotatable bonds is 5. The van der Waals surface area contributed by atoms with Crippen LogP contribution in [0.5, 0.6) is 11.5 Å². The Hall–Kier alpha value is -1.94. The zero-order valence-electron chi connectivity index (χ0n) is 11.7. The molecule has 2 rings (SSSR count). The molecule has 0 bridgehead atoms. The largest absolute Gasteiger partial charge is 0.493 e. The van der Waals surface area contributed by atoms with E-state index >= 15 is 0 Å². The second-order valence-corrected chi connectivity index (χ2v) is 4.74. The number of benzene rings is 1. The maximum atomic E-state index is 6.16. The van der Waals surface area contributed by atoms with Crippen LogP contribution in [0.25, 0.3) is 0 Å². The van der Waals surface area contributed by atoms with Gasteiger partial charge in [-0.25, -0.2) is 0 Å². The Morgan fingerprint density at radius 1 is 1.20 bits per heavy atom. The van der Waals surface area contributed by atoms with Crippen LogP contribution in [0.2, 0.25) is 5.02 Å². The van der Waals surface area contributed by atoms with E-state index in [1.165, 1.54) is 0 Å². The average molecular weight is 293 g/mol. The molecule has 0 aliphatic heterocycles. The molecule has 5 heteroatoms. The number of hydrogen-bond donors (Lipinski definition) is 1. The van der Waals surface area contributed by atoms with Crippen LogP contribution in [0.4, 0.5) is 5.69 Å². The summed E-state index contributed by atoms with van der Waals surface area (Å²) in [7, 11) is 3.20. The number of aryl methyl sites for hydroxylation is 1. The first-order chi connectivity index (χ1) is 9.65. The summed E-state index contributed by atoms with van der Waals surface area (Å²) in [5.41, 5.74) is 2.78. The van der Waals surface area contributed by atoms with Gasteiger partial charge in [0.2, 0.25) is 0 Å². The topological polar surface area (TPSA) is 43.4 Å². The molecule has 0 aliphatic rings. The number of methoxy groups -OCH3 is 2. The van der Waals surface area contributed by atoms with E-state index in [0.29, 0.717) is 23.1 Å². The summed E-state index contributed by atoms with van der Waals surface area (Å²) < 4.78 is 10.6. The van der Waals surface area contributed by atoms with Crippen LogP contribution >= 0.6 is 11.6 Å². The van der Waals surface area contributed by atoms with Gasteiger partial charge in [-0.3, -0.25) is 4.98 Å². The number of pyridine rings is 1. The van der Waals surface area contributed by atoms with E-state index in [-0.39, 0.29) is 0 Å². The van der Waals surface area contributed by atoms with Gasteiger partial charge in [0.25, 0.3) is 0 Å². The number of aromatic nitrogens is 1. The van der Waals surface area contributed by atoms with Gasteiger partial charge < -0.3 is 14.8 Å². The van der Waals surface area contributed by atoms with Crippen molar-refractivity contribution in [3.05, 3.63) is 46.7 Å². The molecule has 1 N–H and O–H groups in total. The molecule has 106 valence electrons. The maximum Gasteiger partial charge on any atom is 0.184 e. The second kappa shape index (κ2) is 6.48. The van der Waals surface area contributed by atoms with Crippen molar-refractivity contribution in [2.75, 3.05) is 19.5 Å². The van der Waals surface area contributed by atoms with Crippen LogP contribution in [0, 0.1) is 6.92 Å². The van der Waals surface area contributed by atoms with E-state index in [4.69, 9.17) is 21.1 Å². The fraction of sp³-hybridized carbons (Fsp3) is 0.267. The molecular formula is C15H17ClN2O2. The summed E-state index contributed by atoms with van der Waals surface area (Å²) in [6, 6.07) is 7.60. The summed E-state index contributed by atoms with van der Waals surface area (Å²) in [4.78, 5) is 4.31. The normalized spacial score (nSPS) is 10.2. The minimum absolute atomic E-state index is 0.504. The van der Waals surface area contributed by atoms with Gasteiger partial charge >= 0.3 is 0 Å². The summed E-state index contributed by atoms with van der Waals surface area (Å²) in [6.07, 6.45) is 1.69. The second-order valence-electron chi connectivity index (χ2n) is 4.33. The van der Waals surface area contributed by atoms with Crippen LogP contribution in [-0.2, 0) is 6.54 Å². The lowest BCUT2D eigenvalue weighted by Gasteiger charge is -2.13. The monoisotopic (exact) mass is 292 g/mol. The summed E-state index contributed by atoms with van der Waals surface area (Å²) in [6.45, 7) is 2.52. The quantitative estimate of drug-likeness (QED) is 0.913. The number of halogens is 1. The van der Waals surface area contributed by atoms with Crippen molar-refractivity contribution in [3.63, 3.8) is 0 Å². The Morgan fingerprint density at radius 2 is 2.00 bits per heavy atom. The van der Waals surface area contributed by atoms with Crippen LogP contribution in [0.15, 0.2) is 30.5 Å². The standard InChI is InChI=1S/C15H17ClN2O2/c1-10-4-5-11(16)12(8-10)18-9-13-15(20-3)14(19-2)6-7-17-13/h4-8,18H,9H2,1-3H3. The van der Waals surface area contributed by atoms with Crippen LogP contribution < -0.4 is 14.8 Å². The Kier molecular flexibility index (Phi) is 4.69. The van der Waals surface area contributed by atoms with Crippen molar-refractivity contribution in [2.24, 2.45) is 0 Å². The Labute approximate surface area is 123 Å². The number of nitrogens with zero attached hydrogens (tertiary/aromatic N) is 1. The molecule has 20 heavy (non-hydrogen) atoms. The molecule has 1 aromatic carbocycles. The third-order valence-corrected chi connectivity index (χ3v) is 3.26. The Bertz CT molecular complexity index is 602. The van der Waals surface area contributed by atoms with Gasteiger partial charge in [0, 0.05) is 12.3 Å². The number of anilines is 1. The van der Waals surface area contributed by atoms with Gasteiger partial charge in [-0.2, -0.15) is 0 Å². The number of ether oxygens (including phenoxy) is 2. The van der Waals surface area contributed by atoms with Crippen molar-refractivity contribution in [1.82, 2.24) is 4.98 Å². The molecule has 2 aromatic rings. The van der Waals surface area contributed by atoms with Crippen LogP contribution in [0.3, 0.4) is 0 Å². The lowest BCUT2D eigenvalue weighted by molar-refractivity contribution is 0.350. The molecular weight excluding hydrogens is 276 g/mol. The smallest absolute Gasteiger partial charge is 0.184 e. The highest BCUT2D eigenvalue weighted by Gasteiger charge is 2.11. The van der Waals surface area contributed by atoms with Gasteiger partial charge in [0.15, 0.2) is 11.5 Å². The fourth-order valence-electron chi connectivity index (χ4n) is 1.93. The first-order valence-corrected chi connectivity index (χ1v) is 6.59. The van der Waals surface area contributed by atoms with Gasteiger partial charge in [0.05, 0.1) is 31.5 Å². The molecule has 0 saturated carbocycles. The SMILES string of the molecule is COc1ccnc(CNc2cc(C)ccc2Cl)c1OC. The van der Waals surface area contributed by atoms with E-state index in [1.807, 2.05) is 25.1 Å². The maximum absolute atomic E-state index is 6.16. The molecule has 1 heterocycles. The van der Waals surface area contributed by atoms with E-state index in [1.54, 1.807) is 26.5 Å². The predicted octanol–water partition coefficient (Wildman–Crippen LogP) is 3.67. The summed E-state index contributed by atoms with van der Waals surface area (Å²) in [5, 5.41) is 3.94. The Balaban J connectivity index is 2.20. The molecule has 0 atom stereocenters. The molecule has 0 radical (unpaired) electrons. The highest BCUT2D eigenvalue weighted by Crippen LogP contribution is 2.30. The van der Waals surface area contributed by atoms with Gasteiger partial charge in [-0.1, -0.05) is 17.7 Å². The van der Waals surface area contributed by atoms with Crippen LogP contribution in [-0.4, -0.2) is 19.2 Å². The highest BCUT2D eigenvalue weighted by molar-refractivity contribution is 6.33. The first-order valence-electron chi connectivity index (χ1n) is 6.21. The van der Waals surface area contributed by atoms with Crippen molar-refractivity contribution in [2.45, 2.75) is 13.5 Å². The summed E-state index contributed by atoms with van der Waals surface area (Å²) >= 11 is 6.16. The third kappa shape index (κ3) is 3.14. The van der Waals surface area contributed by atoms with Gasteiger partial charge in [0.1, 0.15) is 5.69 Å². The van der Waals surface area contributed by atoms with E-state index < -0.39 is 0 Å². The Morgan fingerprint density at radius 3 is 2.70 bits per heavy atom. The van der Waals surface area contributed by atoms with Crippen LogP contribution in [0.1, 0.15) is 11.3 Å². The zero-order valence-corrected chi connectivity index (χ0v) is 12.5. The molecule has 0 amide bonds. The average Bonchev–Trinajstić information content (AvgIpc) is 2.47. The van der Waals surface area contributed by atoms with Crippen molar-refractivity contribution in [3.8, 4) is 11.5 Å². The van der Waals surface area contributed by atoms with E-state index in [9.17, 15) is 0 Å². The highest BCUT2D eigenvalue weighted by atomic mass is 35.5. The lowest BCUT2D eigenvalue weighted by atomic mass is 10.2. The summed E-state index contributed by atoms with van der Waals surface area (Å²) in [5.74, 6) is 1.29. The van der Waals surface area contributed by atoms with E-state index in [0.717, 1.165) is 16.9 Å². The number of nitrogens with one attached hydrogen (secondary N) is 1. The molecule has 4 nitrogen and oxygen atoms in total. The van der Waals surface area contributed by atoms with Crippen molar-refractivity contribution < 1.29 is 9.47 Å². The third-order valence-electron chi connectivity index (χ3n) is 2.93. The minimum Gasteiger partial charge on any atom is -0.493 e. The predicted molar refractivity (Wildman–Crippen MR) is 80.9 cm³/mol. The van der Waals surface area contributed by atoms with Gasteiger partial charge in [-0.15, -0.1) is 0 Å². The molecule has 0 unspecified atom stereocenters. The van der Waals surface area contributed by atoms with E-state index in [2.05, 4.69) is 10.3 Å². The van der Waals surface area contributed by atoms with Gasteiger partial charge in [-0.05, 0) is 24.6 Å². The lowest BCUT2D eigenvalue weighted by Crippen LogP contribution is -2.05. The molecule has 0 saturated heterocycles. The first kappa shape index (κ1) is 14.5. The fourth-order valence-corrected chi connectivity index (χ4v) is 2.11. The minimum atomic E-state index is 0.504. The number of hydrogen-bond acceptors (Lipinski definition) is 4. The van der Waals surface area contributed by atoms with Crippen molar-refractivity contribution in [1.29, 1.82) is 0 Å². The molecule has 1 aromatic heterocycles. The molecule has 0 fully saturated rings. The molecule has 0 aliphatic carbocycles.